The van der Waals surface area contributed by atoms with Crippen LogP contribution in [0.3, 0.4) is 0 Å². The third-order valence-corrected chi connectivity index (χ3v) is 5.28. The smallest absolute Gasteiger partial charge is 0.222 e. The lowest BCUT2D eigenvalue weighted by molar-refractivity contribution is -0.130. The summed E-state index contributed by atoms with van der Waals surface area (Å²) in [5.74, 6) is 1.69. The van der Waals surface area contributed by atoms with Crippen LogP contribution in [0.15, 0.2) is 18.5 Å². The highest BCUT2D eigenvalue weighted by Crippen LogP contribution is 2.22. The molecule has 0 radical (unpaired) electrons. The first kappa shape index (κ1) is 17.8. The van der Waals surface area contributed by atoms with Crippen LogP contribution in [-0.4, -0.2) is 57.3 Å². The van der Waals surface area contributed by atoms with Gasteiger partial charge in [0.15, 0.2) is 0 Å². The van der Waals surface area contributed by atoms with Gasteiger partial charge >= 0.3 is 0 Å². The summed E-state index contributed by atoms with van der Waals surface area (Å²) in [7, 11) is 1.61. The Labute approximate surface area is 159 Å². The number of carbonyl (C=O) groups is 1. The summed E-state index contributed by atoms with van der Waals surface area (Å²) in [5.41, 5.74) is 2.16. The number of rotatable bonds is 5. The van der Waals surface area contributed by atoms with Crippen LogP contribution in [0.4, 0.5) is 5.82 Å². The van der Waals surface area contributed by atoms with Gasteiger partial charge in [0.05, 0.1) is 25.0 Å². The second-order valence-electron chi connectivity index (χ2n) is 7.13. The van der Waals surface area contributed by atoms with E-state index in [2.05, 4.69) is 25.6 Å². The van der Waals surface area contributed by atoms with Gasteiger partial charge < -0.3 is 14.5 Å². The van der Waals surface area contributed by atoms with Crippen molar-refractivity contribution in [1.82, 2.24) is 24.6 Å². The number of hydrogen-bond donors (Lipinski definition) is 0. The van der Waals surface area contributed by atoms with E-state index < -0.39 is 0 Å². The van der Waals surface area contributed by atoms with E-state index in [-0.39, 0.29) is 5.91 Å². The molecule has 2 aliphatic heterocycles. The van der Waals surface area contributed by atoms with Crippen LogP contribution in [0.1, 0.15) is 37.1 Å². The molecule has 2 aliphatic rings. The number of likely N-dealkylation sites (tertiary alicyclic amines) is 1. The molecule has 144 valence electrons. The van der Waals surface area contributed by atoms with Crippen LogP contribution in [-0.2, 0) is 24.3 Å². The predicted octanol–water partition coefficient (Wildman–Crippen LogP) is 1.65. The molecule has 1 fully saturated rings. The average molecular weight is 370 g/mol. The van der Waals surface area contributed by atoms with Crippen LogP contribution in [0, 0.1) is 0 Å². The largest absolute Gasteiger partial charge is 0.481 e. The van der Waals surface area contributed by atoms with Crippen molar-refractivity contribution in [3.05, 3.63) is 29.8 Å². The number of aromatic nitrogens is 4. The fourth-order valence-corrected chi connectivity index (χ4v) is 3.81. The third kappa shape index (κ3) is 4.04. The number of ether oxygens (including phenoxy) is 1. The predicted molar refractivity (Wildman–Crippen MR) is 101 cm³/mol. The summed E-state index contributed by atoms with van der Waals surface area (Å²) in [5, 5.41) is 4.73. The summed E-state index contributed by atoms with van der Waals surface area (Å²) < 4.78 is 7.29. The monoisotopic (exact) mass is 370 g/mol. The number of aryl methyl sites for hydroxylation is 2. The number of methoxy groups -OCH3 is 1. The van der Waals surface area contributed by atoms with Gasteiger partial charge in [0.2, 0.25) is 11.8 Å². The molecule has 4 rings (SSSR count). The van der Waals surface area contributed by atoms with Crippen molar-refractivity contribution >= 4 is 11.7 Å². The Morgan fingerprint density at radius 2 is 1.96 bits per heavy atom. The SMILES string of the molecule is COc1cc(N2CCCn3nc(CCC(=O)N4CCCC4)cc3C2)ncn1. The van der Waals surface area contributed by atoms with Crippen LogP contribution in [0.2, 0.25) is 0 Å². The molecule has 0 aliphatic carbocycles. The minimum atomic E-state index is 0.255. The Morgan fingerprint density at radius 1 is 1.11 bits per heavy atom. The van der Waals surface area contributed by atoms with E-state index in [4.69, 9.17) is 9.84 Å². The number of amides is 1. The molecular formula is C19H26N6O2. The maximum Gasteiger partial charge on any atom is 0.222 e. The molecule has 0 unspecified atom stereocenters. The summed E-state index contributed by atoms with van der Waals surface area (Å²) in [6.45, 7) is 4.36. The van der Waals surface area contributed by atoms with Gasteiger partial charge in [-0.25, -0.2) is 9.97 Å². The number of anilines is 1. The van der Waals surface area contributed by atoms with E-state index in [1.54, 1.807) is 7.11 Å². The first-order chi connectivity index (χ1) is 13.2. The van der Waals surface area contributed by atoms with Gasteiger partial charge in [0.1, 0.15) is 12.1 Å². The molecule has 2 aromatic rings. The van der Waals surface area contributed by atoms with Crippen molar-refractivity contribution in [2.45, 2.75) is 45.2 Å². The van der Waals surface area contributed by atoms with Gasteiger partial charge in [-0.2, -0.15) is 5.10 Å². The molecule has 0 N–H and O–H groups in total. The molecule has 0 atom stereocenters. The maximum absolute atomic E-state index is 12.3. The lowest BCUT2D eigenvalue weighted by atomic mass is 10.2. The molecule has 0 spiro atoms. The molecule has 27 heavy (non-hydrogen) atoms. The van der Waals surface area contributed by atoms with Crippen molar-refractivity contribution in [2.75, 3.05) is 31.6 Å². The van der Waals surface area contributed by atoms with Crippen molar-refractivity contribution in [2.24, 2.45) is 0 Å². The fourth-order valence-electron chi connectivity index (χ4n) is 3.81. The summed E-state index contributed by atoms with van der Waals surface area (Å²) in [6, 6.07) is 4.00. The number of nitrogens with zero attached hydrogens (tertiary/aromatic N) is 6. The first-order valence-corrected chi connectivity index (χ1v) is 9.67. The normalized spacial score (nSPS) is 16.9. The molecule has 8 nitrogen and oxygen atoms in total. The Balaban J connectivity index is 1.42. The Bertz CT molecular complexity index is 799. The molecule has 2 aromatic heterocycles. The first-order valence-electron chi connectivity index (χ1n) is 9.67. The van der Waals surface area contributed by atoms with E-state index in [1.165, 1.54) is 6.33 Å². The van der Waals surface area contributed by atoms with E-state index in [9.17, 15) is 4.79 Å². The van der Waals surface area contributed by atoms with E-state index in [0.29, 0.717) is 18.7 Å². The van der Waals surface area contributed by atoms with E-state index in [1.807, 2.05) is 11.0 Å². The Kier molecular flexibility index (Phi) is 5.22. The van der Waals surface area contributed by atoms with Crippen LogP contribution < -0.4 is 9.64 Å². The topological polar surface area (TPSA) is 76.4 Å². The van der Waals surface area contributed by atoms with Crippen molar-refractivity contribution < 1.29 is 9.53 Å². The quantitative estimate of drug-likeness (QED) is 0.797. The molecule has 1 saturated heterocycles. The van der Waals surface area contributed by atoms with Crippen LogP contribution in [0.25, 0.3) is 0 Å². The maximum atomic E-state index is 12.3. The zero-order chi connectivity index (χ0) is 18.6. The lowest BCUT2D eigenvalue weighted by Gasteiger charge is -2.21. The average Bonchev–Trinajstić information content (AvgIpc) is 3.32. The van der Waals surface area contributed by atoms with Gasteiger partial charge in [0.25, 0.3) is 0 Å². The Hall–Kier alpha value is -2.64. The fraction of sp³-hybridized carbons (Fsp3) is 0.579. The van der Waals surface area contributed by atoms with Crippen molar-refractivity contribution in [1.29, 1.82) is 0 Å². The number of fused-ring (bicyclic) bond motifs is 1. The molecule has 0 saturated carbocycles. The number of hydrogen-bond acceptors (Lipinski definition) is 6. The highest BCUT2D eigenvalue weighted by Gasteiger charge is 2.21. The number of carbonyl (C=O) groups excluding carboxylic acids is 1. The highest BCUT2D eigenvalue weighted by atomic mass is 16.5. The molecule has 4 heterocycles. The highest BCUT2D eigenvalue weighted by molar-refractivity contribution is 5.76. The van der Waals surface area contributed by atoms with E-state index in [0.717, 1.165) is 69.2 Å². The molecule has 0 bridgehead atoms. The zero-order valence-electron chi connectivity index (χ0n) is 15.8. The standard InChI is InChI=1S/C19H26N6O2/c1-27-18-12-17(20-14-21-18)24-9-4-10-25-16(13-24)11-15(22-25)5-6-19(26)23-7-2-3-8-23/h11-12,14H,2-10,13H2,1H3. The minimum Gasteiger partial charge on any atom is -0.481 e. The molecule has 1 amide bonds. The second kappa shape index (κ2) is 7.94. The van der Waals surface area contributed by atoms with Gasteiger partial charge in [0, 0.05) is 45.1 Å². The van der Waals surface area contributed by atoms with Gasteiger partial charge in [-0.05, 0) is 25.3 Å². The summed E-state index contributed by atoms with van der Waals surface area (Å²) in [6.07, 6.45) is 6.04. The molecule has 0 aromatic carbocycles. The molecular weight excluding hydrogens is 344 g/mol. The van der Waals surface area contributed by atoms with Crippen LogP contribution in [0.5, 0.6) is 5.88 Å². The zero-order valence-corrected chi connectivity index (χ0v) is 15.8. The van der Waals surface area contributed by atoms with Crippen molar-refractivity contribution in [3.8, 4) is 5.88 Å². The van der Waals surface area contributed by atoms with Gasteiger partial charge in [-0.15, -0.1) is 0 Å². The summed E-state index contributed by atoms with van der Waals surface area (Å²) in [4.78, 5) is 25.0. The van der Waals surface area contributed by atoms with Crippen molar-refractivity contribution in [3.63, 3.8) is 0 Å². The van der Waals surface area contributed by atoms with Gasteiger partial charge in [-0.3, -0.25) is 9.48 Å². The third-order valence-electron chi connectivity index (χ3n) is 5.28. The van der Waals surface area contributed by atoms with Crippen LogP contribution >= 0.6 is 0 Å². The molecule has 8 heteroatoms. The Morgan fingerprint density at radius 3 is 2.78 bits per heavy atom. The van der Waals surface area contributed by atoms with Gasteiger partial charge in [-0.1, -0.05) is 0 Å². The summed E-state index contributed by atoms with van der Waals surface area (Å²) >= 11 is 0. The minimum absolute atomic E-state index is 0.255. The lowest BCUT2D eigenvalue weighted by Crippen LogP contribution is -2.27. The van der Waals surface area contributed by atoms with E-state index >= 15 is 0 Å². The second-order valence-corrected chi connectivity index (χ2v) is 7.13.